The maximum Gasteiger partial charge on any atom is 0.266 e. The van der Waals surface area contributed by atoms with Gasteiger partial charge in [0.15, 0.2) is 0 Å². The first-order valence-electron chi connectivity index (χ1n) is 9.12. The van der Waals surface area contributed by atoms with Crippen LogP contribution in [0, 0.1) is 18.3 Å². The molecule has 0 heterocycles. The number of nitrogens with one attached hydrogen (secondary N) is 1. The van der Waals surface area contributed by atoms with Gasteiger partial charge in [0.25, 0.3) is 5.91 Å². The average molecular weight is 437 g/mol. The minimum Gasteiger partial charge on any atom is -0.488 e. The van der Waals surface area contributed by atoms with Crippen LogP contribution in [0.5, 0.6) is 5.75 Å². The molecule has 4 nitrogen and oxygen atoms in total. The fourth-order valence-corrected chi connectivity index (χ4v) is 3.03. The molecule has 0 spiro atoms. The largest absolute Gasteiger partial charge is 0.488 e. The van der Waals surface area contributed by atoms with Crippen molar-refractivity contribution in [3.63, 3.8) is 0 Å². The topological polar surface area (TPSA) is 62.1 Å². The standard InChI is InChI=1S/C24H18Cl2N2O2/c1-16-6-8-17(9-7-16)15-30-23-11-10-20(25)13-18(23)12-19(14-27)24(29)28-22-5-3-2-4-21(22)26/h2-13H,15H2,1H3,(H,28,29)/b19-12+. The third kappa shape index (κ3) is 5.64. The number of hydrogen-bond acceptors (Lipinski definition) is 3. The smallest absolute Gasteiger partial charge is 0.266 e. The zero-order chi connectivity index (χ0) is 21.5. The molecule has 0 atom stereocenters. The Hall–Kier alpha value is -3.26. The lowest BCUT2D eigenvalue weighted by atomic mass is 10.1. The summed E-state index contributed by atoms with van der Waals surface area (Å²) < 4.78 is 5.92. The Bertz CT molecular complexity index is 1130. The van der Waals surface area contributed by atoms with Crippen molar-refractivity contribution in [3.8, 4) is 11.8 Å². The normalized spacial score (nSPS) is 10.9. The number of ether oxygens (including phenoxy) is 1. The first kappa shape index (κ1) is 21.4. The number of halogens is 2. The van der Waals surface area contributed by atoms with E-state index in [0.29, 0.717) is 33.7 Å². The van der Waals surface area contributed by atoms with Crippen LogP contribution in [0.4, 0.5) is 5.69 Å². The van der Waals surface area contributed by atoms with Gasteiger partial charge in [-0.3, -0.25) is 4.79 Å². The van der Waals surface area contributed by atoms with Crippen LogP contribution in [-0.2, 0) is 11.4 Å². The van der Waals surface area contributed by atoms with Gasteiger partial charge in [0.05, 0.1) is 10.7 Å². The van der Waals surface area contributed by atoms with Crippen LogP contribution in [0.2, 0.25) is 10.0 Å². The number of para-hydroxylation sites is 1. The SMILES string of the molecule is Cc1ccc(COc2ccc(Cl)cc2/C=C(\C#N)C(=O)Nc2ccccc2Cl)cc1. The van der Waals surface area contributed by atoms with Crippen molar-refractivity contribution in [2.24, 2.45) is 0 Å². The number of hydrogen-bond donors (Lipinski definition) is 1. The van der Waals surface area contributed by atoms with E-state index in [-0.39, 0.29) is 5.57 Å². The molecule has 150 valence electrons. The number of rotatable bonds is 6. The highest BCUT2D eigenvalue weighted by atomic mass is 35.5. The van der Waals surface area contributed by atoms with Crippen LogP contribution < -0.4 is 10.1 Å². The Morgan fingerprint density at radius 3 is 2.53 bits per heavy atom. The average Bonchev–Trinajstić information content (AvgIpc) is 2.74. The van der Waals surface area contributed by atoms with Crippen molar-refractivity contribution >= 4 is 40.9 Å². The molecule has 30 heavy (non-hydrogen) atoms. The molecule has 0 unspecified atom stereocenters. The summed E-state index contributed by atoms with van der Waals surface area (Å²) in [6, 6.07) is 21.8. The molecule has 6 heteroatoms. The summed E-state index contributed by atoms with van der Waals surface area (Å²) in [6.45, 7) is 2.36. The van der Waals surface area contributed by atoms with Crippen LogP contribution >= 0.6 is 23.2 Å². The molecule has 0 aliphatic heterocycles. The second-order valence-electron chi connectivity index (χ2n) is 6.56. The van der Waals surface area contributed by atoms with Gasteiger partial charge in [0, 0.05) is 10.6 Å². The summed E-state index contributed by atoms with van der Waals surface area (Å²) in [6.07, 6.45) is 1.45. The lowest BCUT2D eigenvalue weighted by Gasteiger charge is -2.11. The highest BCUT2D eigenvalue weighted by Crippen LogP contribution is 2.27. The van der Waals surface area contributed by atoms with E-state index in [2.05, 4.69) is 5.32 Å². The number of amides is 1. The summed E-state index contributed by atoms with van der Waals surface area (Å²) in [5, 5.41) is 13.0. The molecule has 0 aliphatic carbocycles. The Labute approximate surface area is 185 Å². The minimum atomic E-state index is -0.574. The van der Waals surface area contributed by atoms with E-state index in [1.54, 1.807) is 42.5 Å². The van der Waals surface area contributed by atoms with Crippen LogP contribution in [-0.4, -0.2) is 5.91 Å². The molecule has 0 fully saturated rings. The lowest BCUT2D eigenvalue weighted by molar-refractivity contribution is -0.112. The van der Waals surface area contributed by atoms with Crippen molar-refractivity contribution < 1.29 is 9.53 Å². The van der Waals surface area contributed by atoms with Crippen LogP contribution in [0.15, 0.2) is 72.3 Å². The Kier molecular flexibility index (Phi) is 7.13. The molecule has 3 rings (SSSR count). The third-order valence-electron chi connectivity index (χ3n) is 4.27. The second kappa shape index (κ2) is 9.98. The van der Waals surface area contributed by atoms with Gasteiger partial charge in [-0.1, -0.05) is 65.2 Å². The first-order chi connectivity index (χ1) is 14.5. The fourth-order valence-electron chi connectivity index (χ4n) is 2.67. The molecule has 0 saturated heterocycles. The molecule has 1 N–H and O–H groups in total. The molecule has 0 aliphatic rings. The number of nitrogens with zero attached hydrogens (tertiary/aromatic N) is 1. The number of carbonyl (C=O) groups excluding carboxylic acids is 1. The first-order valence-corrected chi connectivity index (χ1v) is 9.87. The second-order valence-corrected chi connectivity index (χ2v) is 7.40. The van der Waals surface area contributed by atoms with Gasteiger partial charge < -0.3 is 10.1 Å². The van der Waals surface area contributed by atoms with Crippen molar-refractivity contribution in [1.29, 1.82) is 5.26 Å². The van der Waals surface area contributed by atoms with Crippen LogP contribution in [0.25, 0.3) is 6.08 Å². The quantitative estimate of drug-likeness (QED) is 0.357. The van der Waals surface area contributed by atoms with E-state index in [0.717, 1.165) is 11.1 Å². The number of carbonyl (C=O) groups is 1. The monoisotopic (exact) mass is 436 g/mol. The van der Waals surface area contributed by atoms with Crippen LogP contribution in [0.3, 0.4) is 0 Å². The molecule has 0 saturated carbocycles. The summed E-state index contributed by atoms with van der Waals surface area (Å²) in [5.74, 6) is -0.0617. The number of aryl methyl sites for hydroxylation is 1. The molecule has 0 aromatic heterocycles. The van der Waals surface area contributed by atoms with E-state index in [4.69, 9.17) is 27.9 Å². The van der Waals surface area contributed by atoms with E-state index in [1.807, 2.05) is 37.3 Å². The van der Waals surface area contributed by atoms with Crippen molar-refractivity contribution in [3.05, 3.63) is 99.0 Å². The Morgan fingerprint density at radius 1 is 1.10 bits per heavy atom. The van der Waals surface area contributed by atoms with Crippen molar-refractivity contribution in [2.75, 3.05) is 5.32 Å². The summed E-state index contributed by atoms with van der Waals surface area (Å²) in [5.41, 5.74) is 3.02. The van der Waals surface area contributed by atoms with Gasteiger partial charge in [-0.25, -0.2) is 0 Å². The zero-order valence-corrected chi connectivity index (χ0v) is 17.7. The number of anilines is 1. The van der Waals surface area contributed by atoms with E-state index in [9.17, 15) is 10.1 Å². The maximum atomic E-state index is 12.6. The van der Waals surface area contributed by atoms with Gasteiger partial charge in [-0.2, -0.15) is 5.26 Å². The van der Waals surface area contributed by atoms with Gasteiger partial charge in [0.1, 0.15) is 24.0 Å². The summed E-state index contributed by atoms with van der Waals surface area (Å²) in [4.78, 5) is 12.6. The van der Waals surface area contributed by atoms with Crippen molar-refractivity contribution in [2.45, 2.75) is 13.5 Å². The predicted octanol–water partition coefficient (Wildman–Crippen LogP) is 6.43. The zero-order valence-electron chi connectivity index (χ0n) is 16.2. The molecule has 0 radical (unpaired) electrons. The molecule has 0 bridgehead atoms. The lowest BCUT2D eigenvalue weighted by Crippen LogP contribution is -2.13. The molecule has 1 amide bonds. The molecular weight excluding hydrogens is 419 g/mol. The highest BCUT2D eigenvalue weighted by Gasteiger charge is 2.13. The van der Waals surface area contributed by atoms with Gasteiger partial charge >= 0.3 is 0 Å². The minimum absolute atomic E-state index is 0.0997. The van der Waals surface area contributed by atoms with E-state index in [1.165, 1.54) is 6.08 Å². The Balaban J connectivity index is 1.83. The van der Waals surface area contributed by atoms with Gasteiger partial charge in [0.2, 0.25) is 0 Å². The molecule has 3 aromatic carbocycles. The van der Waals surface area contributed by atoms with E-state index < -0.39 is 5.91 Å². The summed E-state index contributed by atoms with van der Waals surface area (Å²) in [7, 11) is 0. The van der Waals surface area contributed by atoms with E-state index >= 15 is 0 Å². The maximum absolute atomic E-state index is 12.6. The Morgan fingerprint density at radius 2 is 1.83 bits per heavy atom. The number of nitriles is 1. The fraction of sp³-hybridized carbons (Fsp3) is 0.0833. The predicted molar refractivity (Wildman–Crippen MR) is 121 cm³/mol. The molecule has 3 aromatic rings. The van der Waals surface area contributed by atoms with Crippen molar-refractivity contribution in [1.82, 2.24) is 0 Å². The van der Waals surface area contributed by atoms with Gasteiger partial charge in [-0.15, -0.1) is 0 Å². The third-order valence-corrected chi connectivity index (χ3v) is 4.84. The van der Waals surface area contributed by atoms with Gasteiger partial charge in [-0.05, 0) is 48.9 Å². The highest BCUT2D eigenvalue weighted by molar-refractivity contribution is 6.34. The number of benzene rings is 3. The molecular formula is C24H18Cl2N2O2. The van der Waals surface area contributed by atoms with Crippen LogP contribution in [0.1, 0.15) is 16.7 Å². The summed E-state index contributed by atoms with van der Waals surface area (Å²) >= 11 is 12.2.